The number of hydrogen-bond acceptors (Lipinski definition) is 7. The van der Waals surface area contributed by atoms with Gasteiger partial charge in [0.05, 0.1) is 23.0 Å². The van der Waals surface area contributed by atoms with Crippen molar-refractivity contribution in [2.45, 2.75) is 6.54 Å². The Labute approximate surface area is 201 Å². The first-order valence-corrected chi connectivity index (χ1v) is 11.2. The van der Waals surface area contributed by atoms with Crippen molar-refractivity contribution in [3.05, 3.63) is 49.8 Å². The van der Waals surface area contributed by atoms with Gasteiger partial charge in [0.15, 0.2) is 23.0 Å². The van der Waals surface area contributed by atoms with Gasteiger partial charge in [-0.25, -0.2) is 0 Å². The zero-order valence-corrected chi connectivity index (χ0v) is 19.8. The first-order chi connectivity index (χ1) is 15.4. The van der Waals surface area contributed by atoms with Crippen LogP contribution in [0.1, 0.15) is 11.1 Å². The summed E-state index contributed by atoms with van der Waals surface area (Å²) in [4.78, 5) is 26.9. The highest BCUT2D eigenvalue weighted by atomic mass is 79.9. The molecular formula is C22H15BrClNO6S. The fraction of sp³-hybridized carbons (Fsp3) is 0.182. The van der Waals surface area contributed by atoms with E-state index in [1.807, 2.05) is 0 Å². The lowest BCUT2D eigenvalue weighted by Crippen LogP contribution is -2.27. The number of ether oxygens (including phenoxy) is 4. The number of amides is 2. The summed E-state index contributed by atoms with van der Waals surface area (Å²) in [5.74, 6) is 3.92. The van der Waals surface area contributed by atoms with E-state index in [1.54, 1.807) is 30.3 Å². The summed E-state index contributed by atoms with van der Waals surface area (Å²) < 4.78 is 22.1. The molecule has 0 aliphatic carbocycles. The van der Waals surface area contributed by atoms with Crippen LogP contribution in [0.25, 0.3) is 6.08 Å². The van der Waals surface area contributed by atoms with E-state index in [4.69, 9.17) is 37.0 Å². The van der Waals surface area contributed by atoms with Crippen molar-refractivity contribution in [3.63, 3.8) is 0 Å². The molecule has 2 aliphatic rings. The SMILES string of the molecule is C#CCOc1c(Br)cc(/C=C2\SC(=O)N(Cc3cc4c(cc3Cl)OCO4)C2=O)cc1OC. The van der Waals surface area contributed by atoms with Crippen LogP contribution < -0.4 is 18.9 Å². The Kier molecular flexibility index (Phi) is 6.55. The van der Waals surface area contributed by atoms with Gasteiger partial charge >= 0.3 is 0 Å². The van der Waals surface area contributed by atoms with Gasteiger partial charge in [-0.2, -0.15) is 0 Å². The van der Waals surface area contributed by atoms with Crippen LogP contribution in [0.4, 0.5) is 4.79 Å². The smallest absolute Gasteiger partial charge is 0.293 e. The normalized spacial score (nSPS) is 15.9. The summed E-state index contributed by atoms with van der Waals surface area (Å²) in [6, 6.07) is 6.73. The molecule has 164 valence electrons. The van der Waals surface area contributed by atoms with Crippen LogP contribution in [0, 0.1) is 12.3 Å². The van der Waals surface area contributed by atoms with Crippen molar-refractivity contribution in [2.24, 2.45) is 0 Å². The molecule has 32 heavy (non-hydrogen) atoms. The maximum atomic E-state index is 12.9. The average molecular weight is 537 g/mol. The van der Waals surface area contributed by atoms with Gasteiger partial charge in [0.2, 0.25) is 6.79 Å². The first kappa shape index (κ1) is 22.4. The third-order valence-electron chi connectivity index (χ3n) is 4.59. The number of imide groups is 1. The molecule has 0 unspecified atom stereocenters. The molecule has 0 saturated carbocycles. The second-order valence-electron chi connectivity index (χ2n) is 6.59. The molecular weight excluding hydrogens is 522 g/mol. The second-order valence-corrected chi connectivity index (χ2v) is 8.85. The standard InChI is InChI=1S/C22H15BrClNO6S/c1-3-4-29-20-14(23)5-12(6-18(20)28-2)7-19-21(26)25(22(27)32-19)10-13-8-16-17(9-15(13)24)31-11-30-16/h1,5-9H,4,10-11H2,2H3/b19-7-. The number of carbonyl (C=O) groups is 2. The molecule has 10 heteroatoms. The molecule has 4 rings (SSSR count). The van der Waals surface area contributed by atoms with E-state index in [-0.39, 0.29) is 24.8 Å². The first-order valence-electron chi connectivity index (χ1n) is 9.18. The largest absolute Gasteiger partial charge is 0.493 e. The highest BCUT2D eigenvalue weighted by Gasteiger charge is 2.36. The summed E-state index contributed by atoms with van der Waals surface area (Å²) in [6.07, 6.45) is 6.87. The van der Waals surface area contributed by atoms with E-state index in [9.17, 15) is 9.59 Å². The summed E-state index contributed by atoms with van der Waals surface area (Å²) in [5.41, 5.74) is 1.23. The van der Waals surface area contributed by atoms with Crippen LogP contribution in [0.5, 0.6) is 23.0 Å². The molecule has 0 radical (unpaired) electrons. The van der Waals surface area contributed by atoms with E-state index in [0.717, 1.165) is 16.7 Å². The fourth-order valence-electron chi connectivity index (χ4n) is 3.12. The topological polar surface area (TPSA) is 74.3 Å². The Balaban J connectivity index is 1.58. The van der Waals surface area contributed by atoms with E-state index >= 15 is 0 Å². The number of hydrogen-bond donors (Lipinski definition) is 0. The summed E-state index contributed by atoms with van der Waals surface area (Å²) >= 11 is 10.6. The van der Waals surface area contributed by atoms with Crippen LogP contribution in [0.15, 0.2) is 33.6 Å². The van der Waals surface area contributed by atoms with Crippen LogP contribution in [-0.4, -0.2) is 36.6 Å². The molecule has 1 saturated heterocycles. The molecule has 2 aliphatic heterocycles. The quantitative estimate of drug-likeness (QED) is 0.376. The Morgan fingerprint density at radius 3 is 2.75 bits per heavy atom. The third kappa shape index (κ3) is 4.39. The maximum absolute atomic E-state index is 12.9. The number of benzene rings is 2. The van der Waals surface area contributed by atoms with Crippen molar-refractivity contribution in [2.75, 3.05) is 20.5 Å². The van der Waals surface area contributed by atoms with Crippen LogP contribution in [0.3, 0.4) is 0 Å². The number of methoxy groups -OCH3 is 1. The molecule has 2 aromatic carbocycles. The molecule has 0 aromatic heterocycles. The lowest BCUT2D eigenvalue weighted by atomic mass is 10.1. The molecule has 7 nitrogen and oxygen atoms in total. The Morgan fingerprint density at radius 1 is 1.28 bits per heavy atom. The van der Waals surface area contributed by atoms with Crippen molar-refractivity contribution in [1.29, 1.82) is 0 Å². The van der Waals surface area contributed by atoms with Gasteiger partial charge in [-0.1, -0.05) is 17.5 Å². The number of rotatable bonds is 6. The average Bonchev–Trinajstić information content (AvgIpc) is 3.31. The second kappa shape index (κ2) is 9.36. The van der Waals surface area contributed by atoms with Crippen LogP contribution in [0.2, 0.25) is 5.02 Å². The molecule has 2 amide bonds. The zero-order chi connectivity index (χ0) is 22.8. The maximum Gasteiger partial charge on any atom is 0.293 e. The zero-order valence-electron chi connectivity index (χ0n) is 16.6. The minimum absolute atomic E-state index is 0.0172. The lowest BCUT2D eigenvalue weighted by Gasteiger charge is -2.14. The van der Waals surface area contributed by atoms with Gasteiger partial charge in [0.25, 0.3) is 11.1 Å². The van der Waals surface area contributed by atoms with Crippen molar-refractivity contribution >= 4 is 56.5 Å². The Hall–Kier alpha value is -2.80. The van der Waals surface area contributed by atoms with E-state index in [0.29, 0.717) is 43.6 Å². The number of nitrogens with zero attached hydrogens (tertiary/aromatic N) is 1. The molecule has 0 bridgehead atoms. The highest BCUT2D eigenvalue weighted by molar-refractivity contribution is 9.10. The molecule has 0 atom stereocenters. The van der Waals surface area contributed by atoms with Crippen LogP contribution in [-0.2, 0) is 11.3 Å². The number of thioether (sulfide) groups is 1. The minimum Gasteiger partial charge on any atom is -0.493 e. The third-order valence-corrected chi connectivity index (χ3v) is 6.44. The number of carbonyl (C=O) groups excluding carboxylic acids is 2. The van der Waals surface area contributed by atoms with Gasteiger partial charge in [0, 0.05) is 11.1 Å². The number of fused-ring (bicyclic) bond motifs is 1. The van der Waals surface area contributed by atoms with Crippen LogP contribution >= 0.6 is 39.3 Å². The van der Waals surface area contributed by atoms with Gasteiger partial charge in [0.1, 0.15) is 6.61 Å². The lowest BCUT2D eigenvalue weighted by molar-refractivity contribution is -0.123. The predicted molar refractivity (Wildman–Crippen MR) is 124 cm³/mol. The monoisotopic (exact) mass is 535 g/mol. The van der Waals surface area contributed by atoms with Crippen molar-refractivity contribution in [1.82, 2.24) is 4.90 Å². The van der Waals surface area contributed by atoms with E-state index in [1.165, 1.54) is 7.11 Å². The van der Waals surface area contributed by atoms with Gasteiger partial charge in [-0.3, -0.25) is 14.5 Å². The minimum atomic E-state index is -0.420. The number of halogens is 2. The van der Waals surface area contributed by atoms with E-state index in [2.05, 4.69) is 21.9 Å². The molecule has 2 aromatic rings. The summed E-state index contributed by atoms with van der Waals surface area (Å²) in [7, 11) is 1.50. The molecule has 0 N–H and O–H groups in total. The number of terminal acetylenes is 1. The molecule has 0 spiro atoms. The molecule has 1 fully saturated rings. The summed E-state index contributed by atoms with van der Waals surface area (Å²) in [5, 5.41) is -0.0107. The predicted octanol–water partition coefficient (Wildman–Crippen LogP) is 5.09. The Bertz CT molecular complexity index is 1190. The van der Waals surface area contributed by atoms with Crippen molar-refractivity contribution < 1.29 is 28.5 Å². The Morgan fingerprint density at radius 2 is 2.03 bits per heavy atom. The van der Waals surface area contributed by atoms with Crippen molar-refractivity contribution in [3.8, 4) is 35.3 Å². The van der Waals surface area contributed by atoms with Gasteiger partial charge in [-0.15, -0.1) is 6.42 Å². The highest BCUT2D eigenvalue weighted by Crippen LogP contribution is 2.41. The summed E-state index contributed by atoms with van der Waals surface area (Å²) in [6.45, 7) is 0.198. The molecule has 2 heterocycles. The fourth-order valence-corrected chi connectivity index (χ4v) is 4.74. The van der Waals surface area contributed by atoms with Gasteiger partial charge in [-0.05, 0) is 63.1 Å². The van der Waals surface area contributed by atoms with Gasteiger partial charge < -0.3 is 18.9 Å². The van der Waals surface area contributed by atoms with E-state index < -0.39 is 11.1 Å².